The number of carbonyl (C=O) groups excluding carboxylic acids is 1. The van der Waals surface area contributed by atoms with Gasteiger partial charge in [-0.2, -0.15) is 0 Å². The van der Waals surface area contributed by atoms with Gasteiger partial charge < -0.3 is 15.6 Å². The largest absolute Gasteiger partial charge is 0.480 e. The predicted octanol–water partition coefficient (Wildman–Crippen LogP) is 1.66. The van der Waals surface area contributed by atoms with Crippen molar-refractivity contribution in [3.63, 3.8) is 0 Å². The molecule has 0 heterocycles. The third kappa shape index (κ3) is 4.37. The van der Waals surface area contributed by atoms with Gasteiger partial charge in [-0.3, -0.25) is 9.59 Å². The molecule has 0 saturated heterocycles. The van der Waals surface area contributed by atoms with Crippen LogP contribution in [0.3, 0.4) is 0 Å². The van der Waals surface area contributed by atoms with Crippen molar-refractivity contribution < 1.29 is 19.4 Å². The quantitative estimate of drug-likeness (QED) is 0.638. The number of carbonyl (C=O) groups is 2. The van der Waals surface area contributed by atoms with E-state index in [1.807, 2.05) is 0 Å². The Bertz CT molecular complexity index is 477. The monoisotopic (exact) mass is 265 g/mol. The van der Waals surface area contributed by atoms with Crippen LogP contribution in [0.5, 0.6) is 0 Å². The highest BCUT2D eigenvalue weighted by atomic mass is 16.6. The normalized spacial score (nSPS) is 12.8. The zero-order chi connectivity index (χ0) is 14.6. The summed E-state index contributed by atoms with van der Waals surface area (Å²) >= 11 is 0. The number of benzene rings is 1. The molecule has 1 atom stereocenters. The van der Waals surface area contributed by atoms with Crippen LogP contribution in [0.15, 0.2) is 24.3 Å². The second-order valence-corrected chi connectivity index (χ2v) is 5.25. The van der Waals surface area contributed by atoms with Crippen LogP contribution in [0.25, 0.3) is 0 Å². The second kappa shape index (κ2) is 5.84. The molecule has 5 heteroatoms. The highest BCUT2D eigenvalue weighted by molar-refractivity contribution is 6.00. The van der Waals surface area contributed by atoms with Crippen molar-refractivity contribution in [1.82, 2.24) is 0 Å². The van der Waals surface area contributed by atoms with Crippen LogP contribution in [-0.2, 0) is 20.9 Å². The summed E-state index contributed by atoms with van der Waals surface area (Å²) in [4.78, 5) is 23.3. The van der Waals surface area contributed by atoms with Gasteiger partial charge in [0.05, 0.1) is 0 Å². The van der Waals surface area contributed by atoms with E-state index in [1.54, 1.807) is 45.0 Å². The van der Waals surface area contributed by atoms with Gasteiger partial charge in [-0.25, -0.2) is 0 Å². The van der Waals surface area contributed by atoms with Gasteiger partial charge in [0.25, 0.3) is 0 Å². The molecule has 0 unspecified atom stereocenters. The molecule has 3 N–H and O–H groups in total. The smallest absolute Gasteiger partial charge is 0.325 e. The highest BCUT2D eigenvalue weighted by Gasteiger charge is 2.32. The summed E-state index contributed by atoms with van der Waals surface area (Å²) in [5.41, 5.74) is 5.93. The van der Waals surface area contributed by atoms with Crippen LogP contribution >= 0.6 is 0 Å². The van der Waals surface area contributed by atoms with Crippen molar-refractivity contribution in [2.45, 2.75) is 38.8 Å². The van der Waals surface area contributed by atoms with E-state index in [1.165, 1.54) is 0 Å². The third-order valence-corrected chi connectivity index (χ3v) is 2.41. The Morgan fingerprint density at radius 1 is 1.37 bits per heavy atom. The van der Waals surface area contributed by atoms with Crippen LogP contribution in [0.2, 0.25) is 0 Å². The van der Waals surface area contributed by atoms with Gasteiger partial charge in [-0.1, -0.05) is 24.3 Å². The number of carboxylic acids is 1. The molecule has 0 fully saturated rings. The molecule has 0 saturated carbocycles. The maximum Gasteiger partial charge on any atom is 0.325 e. The Balaban J connectivity index is 3.07. The van der Waals surface area contributed by atoms with E-state index >= 15 is 0 Å². The lowest BCUT2D eigenvalue weighted by atomic mass is 9.97. The third-order valence-electron chi connectivity index (χ3n) is 2.41. The van der Waals surface area contributed by atoms with E-state index in [4.69, 9.17) is 10.5 Å². The topological polar surface area (TPSA) is 89.6 Å². The summed E-state index contributed by atoms with van der Waals surface area (Å²) in [6, 6.07) is 6.65. The maximum absolute atomic E-state index is 12.0. The molecule has 0 aliphatic carbocycles. The average molecular weight is 265 g/mol. The molecule has 1 aromatic carbocycles. The SMILES string of the molecule is CC(C)(C)OC(=O)[C@H](C(=O)O)c1cccc(CN)c1. The molecular weight excluding hydrogens is 246 g/mol. The molecule has 0 amide bonds. The first-order chi connectivity index (χ1) is 8.74. The first-order valence-corrected chi connectivity index (χ1v) is 5.99. The van der Waals surface area contributed by atoms with E-state index in [9.17, 15) is 14.7 Å². The van der Waals surface area contributed by atoms with Crippen LogP contribution < -0.4 is 5.73 Å². The van der Waals surface area contributed by atoms with Crippen molar-refractivity contribution in [2.75, 3.05) is 0 Å². The van der Waals surface area contributed by atoms with Gasteiger partial charge in [-0.15, -0.1) is 0 Å². The summed E-state index contributed by atoms with van der Waals surface area (Å²) in [5, 5.41) is 9.23. The fourth-order valence-corrected chi connectivity index (χ4v) is 1.64. The molecular formula is C14H19NO4. The van der Waals surface area contributed by atoms with Crippen molar-refractivity contribution >= 4 is 11.9 Å². The summed E-state index contributed by atoms with van der Waals surface area (Å²) in [7, 11) is 0. The van der Waals surface area contributed by atoms with Gasteiger partial charge in [0, 0.05) is 6.54 Å². The Morgan fingerprint density at radius 2 is 2.00 bits per heavy atom. The van der Waals surface area contributed by atoms with Crippen LogP contribution in [0.1, 0.15) is 37.8 Å². The maximum atomic E-state index is 12.0. The first-order valence-electron chi connectivity index (χ1n) is 5.99. The molecule has 0 aromatic heterocycles. The molecule has 1 aromatic rings. The number of carboxylic acid groups (broad SMARTS) is 1. The lowest BCUT2D eigenvalue weighted by Gasteiger charge is -2.22. The number of hydrogen-bond donors (Lipinski definition) is 2. The Kier molecular flexibility index (Phi) is 4.67. The highest BCUT2D eigenvalue weighted by Crippen LogP contribution is 2.22. The number of nitrogens with two attached hydrogens (primary N) is 1. The molecule has 104 valence electrons. The summed E-state index contributed by atoms with van der Waals surface area (Å²) in [6.07, 6.45) is 0. The molecule has 0 spiro atoms. The fraction of sp³-hybridized carbons (Fsp3) is 0.429. The molecule has 5 nitrogen and oxygen atoms in total. The standard InChI is InChI=1S/C14H19NO4/c1-14(2,3)19-13(18)11(12(16)17)10-6-4-5-9(7-10)8-15/h4-7,11H,8,15H2,1-3H3,(H,16,17)/t11-/m0/s1. The number of aliphatic carboxylic acids is 1. The average Bonchev–Trinajstić information content (AvgIpc) is 2.26. The zero-order valence-electron chi connectivity index (χ0n) is 11.3. The molecule has 0 radical (unpaired) electrons. The molecule has 0 aliphatic heterocycles. The minimum Gasteiger partial charge on any atom is -0.480 e. The van der Waals surface area contributed by atoms with E-state index in [0.717, 1.165) is 5.56 Å². The van der Waals surface area contributed by atoms with Crippen molar-refractivity contribution in [2.24, 2.45) is 5.73 Å². The number of esters is 1. The molecule has 19 heavy (non-hydrogen) atoms. The number of rotatable bonds is 4. The van der Waals surface area contributed by atoms with Gasteiger partial charge in [0.2, 0.25) is 0 Å². The van der Waals surface area contributed by atoms with E-state index in [-0.39, 0.29) is 6.54 Å². The Morgan fingerprint density at radius 3 is 2.47 bits per heavy atom. The van der Waals surface area contributed by atoms with E-state index in [0.29, 0.717) is 5.56 Å². The van der Waals surface area contributed by atoms with Gasteiger partial charge in [0.1, 0.15) is 5.60 Å². The molecule has 1 rings (SSSR count). The number of ether oxygens (including phenoxy) is 1. The van der Waals surface area contributed by atoms with Crippen LogP contribution in [-0.4, -0.2) is 22.6 Å². The second-order valence-electron chi connectivity index (χ2n) is 5.25. The van der Waals surface area contributed by atoms with E-state index in [2.05, 4.69) is 0 Å². The fourth-order valence-electron chi connectivity index (χ4n) is 1.64. The van der Waals surface area contributed by atoms with Gasteiger partial charge in [0.15, 0.2) is 5.92 Å². The first kappa shape index (κ1) is 15.2. The van der Waals surface area contributed by atoms with Gasteiger partial charge >= 0.3 is 11.9 Å². The van der Waals surface area contributed by atoms with Crippen LogP contribution in [0, 0.1) is 0 Å². The minimum atomic E-state index is -1.33. The zero-order valence-corrected chi connectivity index (χ0v) is 11.3. The van der Waals surface area contributed by atoms with Crippen molar-refractivity contribution in [1.29, 1.82) is 0 Å². The summed E-state index contributed by atoms with van der Waals surface area (Å²) < 4.78 is 5.14. The Hall–Kier alpha value is -1.88. The summed E-state index contributed by atoms with van der Waals surface area (Å²) in [6.45, 7) is 5.37. The lowest BCUT2D eigenvalue weighted by molar-refractivity contribution is -0.162. The molecule has 0 bridgehead atoms. The van der Waals surface area contributed by atoms with Crippen LogP contribution in [0.4, 0.5) is 0 Å². The lowest BCUT2D eigenvalue weighted by Crippen LogP contribution is -2.31. The Labute approximate surface area is 112 Å². The van der Waals surface area contributed by atoms with E-state index < -0.39 is 23.5 Å². The summed E-state index contributed by atoms with van der Waals surface area (Å²) in [5.74, 6) is -3.33. The van der Waals surface area contributed by atoms with Gasteiger partial charge in [-0.05, 0) is 31.9 Å². The minimum absolute atomic E-state index is 0.286. The predicted molar refractivity (Wildman–Crippen MR) is 70.6 cm³/mol. The number of hydrogen-bond acceptors (Lipinski definition) is 4. The molecule has 0 aliphatic rings. The van der Waals surface area contributed by atoms with Crippen molar-refractivity contribution in [3.05, 3.63) is 35.4 Å². The van der Waals surface area contributed by atoms with Crippen molar-refractivity contribution in [3.8, 4) is 0 Å².